The summed E-state index contributed by atoms with van der Waals surface area (Å²) in [6.07, 6.45) is 0.710. The minimum Gasteiger partial charge on any atom is -0.344 e. The zero-order chi connectivity index (χ0) is 17.6. The maximum atomic E-state index is 13.5. The number of likely N-dealkylation sites (N-methyl/N-ethyl adjacent to an activating group) is 1. The van der Waals surface area contributed by atoms with Gasteiger partial charge in [-0.3, -0.25) is 9.59 Å². The van der Waals surface area contributed by atoms with Crippen molar-refractivity contribution in [1.29, 1.82) is 0 Å². The van der Waals surface area contributed by atoms with Gasteiger partial charge in [-0.1, -0.05) is 13.8 Å². The Morgan fingerprint density at radius 3 is 2.35 bits per heavy atom. The lowest BCUT2D eigenvalue weighted by Gasteiger charge is -2.23. The highest BCUT2D eigenvalue weighted by Gasteiger charge is 2.21. The molecule has 0 aliphatic carbocycles. The van der Waals surface area contributed by atoms with E-state index in [0.29, 0.717) is 24.9 Å². The van der Waals surface area contributed by atoms with Gasteiger partial charge < -0.3 is 15.5 Å². The molecule has 1 aromatic carbocycles. The first-order valence-electron chi connectivity index (χ1n) is 7.40. The molecule has 1 rings (SSSR count). The van der Waals surface area contributed by atoms with Crippen molar-refractivity contribution in [3.8, 4) is 0 Å². The van der Waals surface area contributed by atoms with Crippen LogP contribution in [0.2, 0.25) is 0 Å². The Morgan fingerprint density at radius 2 is 1.83 bits per heavy atom. The molecule has 0 aliphatic heterocycles. The SMILES string of the molecule is CC(C)CC(CN(C)C)NC(=O)C(=O)Nc1ccc(F)cc1F. The summed E-state index contributed by atoms with van der Waals surface area (Å²) in [4.78, 5) is 25.7. The molecule has 1 atom stereocenters. The molecule has 2 N–H and O–H groups in total. The van der Waals surface area contributed by atoms with Crippen LogP contribution in [-0.4, -0.2) is 43.4 Å². The largest absolute Gasteiger partial charge is 0.344 e. The predicted molar refractivity (Wildman–Crippen MR) is 84.9 cm³/mol. The van der Waals surface area contributed by atoms with Gasteiger partial charge in [0.1, 0.15) is 11.6 Å². The van der Waals surface area contributed by atoms with Gasteiger partial charge in [0.05, 0.1) is 5.69 Å². The fourth-order valence-corrected chi connectivity index (χ4v) is 2.21. The third-order valence-corrected chi connectivity index (χ3v) is 3.06. The van der Waals surface area contributed by atoms with E-state index < -0.39 is 23.4 Å². The number of anilines is 1. The molecule has 0 saturated carbocycles. The smallest absolute Gasteiger partial charge is 0.313 e. The first-order chi connectivity index (χ1) is 10.7. The van der Waals surface area contributed by atoms with Gasteiger partial charge in [-0.15, -0.1) is 0 Å². The third kappa shape index (κ3) is 6.73. The molecular weight excluding hydrogens is 304 g/mol. The highest BCUT2D eigenvalue weighted by atomic mass is 19.1. The molecule has 0 spiro atoms. The van der Waals surface area contributed by atoms with E-state index in [-0.39, 0.29) is 11.7 Å². The second-order valence-corrected chi connectivity index (χ2v) is 6.14. The Bertz CT molecular complexity index is 552. The minimum absolute atomic E-state index is 0.193. The van der Waals surface area contributed by atoms with Crippen LogP contribution in [0.3, 0.4) is 0 Å². The molecule has 0 bridgehead atoms. The van der Waals surface area contributed by atoms with Crippen molar-refractivity contribution in [3.63, 3.8) is 0 Å². The number of carbonyl (C=O) groups excluding carboxylic acids is 2. The van der Waals surface area contributed by atoms with Crippen LogP contribution in [0.5, 0.6) is 0 Å². The maximum Gasteiger partial charge on any atom is 0.313 e. The van der Waals surface area contributed by atoms with E-state index in [1.54, 1.807) is 0 Å². The summed E-state index contributed by atoms with van der Waals surface area (Å²) >= 11 is 0. The van der Waals surface area contributed by atoms with E-state index in [9.17, 15) is 18.4 Å². The summed E-state index contributed by atoms with van der Waals surface area (Å²) in [6.45, 7) is 4.62. The molecule has 0 saturated heterocycles. The average Bonchev–Trinajstić information content (AvgIpc) is 2.40. The number of hydrogen-bond acceptors (Lipinski definition) is 3. The fourth-order valence-electron chi connectivity index (χ4n) is 2.21. The molecule has 0 aromatic heterocycles. The number of nitrogens with one attached hydrogen (secondary N) is 2. The van der Waals surface area contributed by atoms with Crippen molar-refractivity contribution >= 4 is 17.5 Å². The third-order valence-electron chi connectivity index (χ3n) is 3.06. The van der Waals surface area contributed by atoms with Crippen LogP contribution in [0, 0.1) is 17.6 Å². The Kier molecular flexibility index (Phi) is 7.09. The van der Waals surface area contributed by atoms with Crippen LogP contribution in [0.25, 0.3) is 0 Å². The number of amides is 2. The van der Waals surface area contributed by atoms with E-state index in [1.165, 1.54) is 0 Å². The molecule has 0 radical (unpaired) electrons. The van der Waals surface area contributed by atoms with Crippen LogP contribution in [0.15, 0.2) is 18.2 Å². The zero-order valence-electron chi connectivity index (χ0n) is 13.8. The monoisotopic (exact) mass is 327 g/mol. The van der Waals surface area contributed by atoms with Crippen molar-refractivity contribution in [2.75, 3.05) is 26.0 Å². The standard InChI is InChI=1S/C16H23F2N3O2/c1-10(2)7-12(9-21(3)4)19-15(22)16(23)20-14-6-5-11(17)8-13(14)18/h5-6,8,10,12H,7,9H2,1-4H3,(H,19,22)(H,20,23). The maximum absolute atomic E-state index is 13.5. The summed E-state index contributed by atoms with van der Waals surface area (Å²) in [7, 11) is 3.74. The topological polar surface area (TPSA) is 61.4 Å². The van der Waals surface area contributed by atoms with Crippen molar-refractivity contribution in [2.24, 2.45) is 5.92 Å². The molecule has 5 nitrogen and oxygen atoms in total. The van der Waals surface area contributed by atoms with Gasteiger partial charge in [0.25, 0.3) is 0 Å². The highest BCUT2D eigenvalue weighted by Crippen LogP contribution is 2.14. The summed E-state index contributed by atoms with van der Waals surface area (Å²) in [5, 5.41) is 4.78. The van der Waals surface area contributed by atoms with Gasteiger partial charge in [-0.05, 0) is 38.6 Å². The number of rotatable bonds is 6. The molecule has 2 amide bonds. The molecule has 128 valence electrons. The van der Waals surface area contributed by atoms with Crippen LogP contribution < -0.4 is 10.6 Å². The molecule has 1 unspecified atom stereocenters. The number of carbonyl (C=O) groups is 2. The first kappa shape index (κ1) is 19.0. The van der Waals surface area contributed by atoms with Crippen molar-refractivity contribution in [2.45, 2.75) is 26.3 Å². The van der Waals surface area contributed by atoms with Crippen LogP contribution in [0.4, 0.5) is 14.5 Å². The number of nitrogens with zero attached hydrogens (tertiary/aromatic N) is 1. The van der Waals surface area contributed by atoms with Crippen molar-refractivity contribution < 1.29 is 18.4 Å². The molecule has 0 heterocycles. The second kappa shape index (κ2) is 8.57. The predicted octanol–water partition coefficient (Wildman–Crippen LogP) is 2.00. The zero-order valence-corrected chi connectivity index (χ0v) is 13.8. The van der Waals surface area contributed by atoms with Gasteiger partial charge in [0.15, 0.2) is 0 Å². The summed E-state index contributed by atoms with van der Waals surface area (Å²) in [5.41, 5.74) is -0.237. The van der Waals surface area contributed by atoms with E-state index in [2.05, 4.69) is 10.6 Å². The molecular formula is C16H23F2N3O2. The van der Waals surface area contributed by atoms with Crippen LogP contribution in [0.1, 0.15) is 20.3 Å². The Labute approximate surface area is 135 Å². The molecule has 0 fully saturated rings. The number of halogens is 2. The fraction of sp³-hybridized carbons (Fsp3) is 0.500. The first-order valence-corrected chi connectivity index (χ1v) is 7.40. The Hall–Kier alpha value is -2.02. The lowest BCUT2D eigenvalue weighted by Crippen LogP contribution is -2.46. The quantitative estimate of drug-likeness (QED) is 0.786. The lowest BCUT2D eigenvalue weighted by molar-refractivity contribution is -0.136. The summed E-state index contributed by atoms with van der Waals surface area (Å²) in [5.74, 6) is -3.17. The molecule has 7 heteroatoms. The van der Waals surface area contributed by atoms with Gasteiger partial charge in [0, 0.05) is 18.7 Å². The van der Waals surface area contributed by atoms with E-state index in [1.807, 2.05) is 32.8 Å². The van der Waals surface area contributed by atoms with Gasteiger partial charge in [-0.25, -0.2) is 8.78 Å². The Balaban J connectivity index is 2.68. The van der Waals surface area contributed by atoms with Crippen molar-refractivity contribution in [1.82, 2.24) is 10.2 Å². The van der Waals surface area contributed by atoms with Crippen LogP contribution in [-0.2, 0) is 9.59 Å². The van der Waals surface area contributed by atoms with Gasteiger partial charge in [-0.2, -0.15) is 0 Å². The summed E-state index contributed by atoms with van der Waals surface area (Å²) < 4.78 is 26.3. The normalized spacial score (nSPS) is 12.3. The average molecular weight is 327 g/mol. The van der Waals surface area contributed by atoms with E-state index in [0.717, 1.165) is 12.1 Å². The highest BCUT2D eigenvalue weighted by molar-refractivity contribution is 6.39. The molecule has 1 aromatic rings. The van der Waals surface area contributed by atoms with Gasteiger partial charge >= 0.3 is 11.8 Å². The number of benzene rings is 1. The summed E-state index contributed by atoms with van der Waals surface area (Å²) in [6, 6.07) is 2.52. The minimum atomic E-state index is -0.983. The molecule has 23 heavy (non-hydrogen) atoms. The van der Waals surface area contributed by atoms with E-state index >= 15 is 0 Å². The number of hydrogen-bond donors (Lipinski definition) is 2. The lowest BCUT2D eigenvalue weighted by atomic mass is 10.0. The van der Waals surface area contributed by atoms with E-state index in [4.69, 9.17) is 0 Å². The Morgan fingerprint density at radius 1 is 1.17 bits per heavy atom. The van der Waals surface area contributed by atoms with Crippen LogP contribution >= 0.6 is 0 Å². The van der Waals surface area contributed by atoms with Crippen molar-refractivity contribution in [3.05, 3.63) is 29.8 Å². The van der Waals surface area contributed by atoms with Gasteiger partial charge in [0.2, 0.25) is 0 Å². The second-order valence-electron chi connectivity index (χ2n) is 6.14. The molecule has 0 aliphatic rings.